The Morgan fingerprint density at radius 3 is 2.84 bits per heavy atom. The molecule has 0 radical (unpaired) electrons. The summed E-state index contributed by atoms with van der Waals surface area (Å²) < 4.78 is 0. The molecule has 19 heavy (non-hydrogen) atoms. The standard InChI is InChI=1S/C16H21N3/c1-19(11-12-5-2-3-6-12)15-9-8-14-13(16(15)17)7-4-10-18-14/h4,7-10,12H,2-3,5-6,11,17H2,1H3. The average molecular weight is 255 g/mol. The Morgan fingerprint density at radius 1 is 1.26 bits per heavy atom. The van der Waals surface area contributed by atoms with Crippen LogP contribution in [0.5, 0.6) is 0 Å². The molecule has 1 aromatic carbocycles. The summed E-state index contributed by atoms with van der Waals surface area (Å²) in [5.41, 5.74) is 9.27. The first kappa shape index (κ1) is 12.3. The van der Waals surface area contributed by atoms with Crippen molar-refractivity contribution in [1.82, 2.24) is 4.98 Å². The van der Waals surface area contributed by atoms with Crippen molar-refractivity contribution in [2.45, 2.75) is 25.7 Å². The van der Waals surface area contributed by atoms with Crippen molar-refractivity contribution in [2.24, 2.45) is 5.92 Å². The second-order valence-corrected chi connectivity index (χ2v) is 5.60. The van der Waals surface area contributed by atoms with E-state index in [9.17, 15) is 0 Å². The smallest absolute Gasteiger partial charge is 0.0724 e. The highest BCUT2D eigenvalue weighted by Gasteiger charge is 2.18. The van der Waals surface area contributed by atoms with Crippen LogP contribution >= 0.6 is 0 Å². The molecule has 0 atom stereocenters. The molecule has 0 spiro atoms. The number of fused-ring (bicyclic) bond motifs is 1. The summed E-state index contributed by atoms with van der Waals surface area (Å²) in [6, 6.07) is 8.15. The van der Waals surface area contributed by atoms with Gasteiger partial charge in [0.15, 0.2) is 0 Å². The normalized spacial score (nSPS) is 16.1. The lowest BCUT2D eigenvalue weighted by Gasteiger charge is -2.25. The lowest BCUT2D eigenvalue weighted by atomic mass is 10.1. The number of hydrogen-bond acceptors (Lipinski definition) is 3. The number of nitrogens with zero attached hydrogens (tertiary/aromatic N) is 2. The molecule has 1 aliphatic rings. The Labute approximate surface area is 114 Å². The highest BCUT2D eigenvalue weighted by atomic mass is 15.1. The van der Waals surface area contributed by atoms with E-state index in [0.717, 1.165) is 34.7 Å². The molecule has 0 amide bonds. The molecule has 0 unspecified atom stereocenters. The molecule has 1 saturated carbocycles. The largest absolute Gasteiger partial charge is 0.396 e. The second-order valence-electron chi connectivity index (χ2n) is 5.60. The summed E-state index contributed by atoms with van der Waals surface area (Å²) in [6.45, 7) is 1.11. The molecule has 1 fully saturated rings. The van der Waals surface area contributed by atoms with Gasteiger partial charge in [-0.2, -0.15) is 0 Å². The van der Waals surface area contributed by atoms with Gasteiger partial charge in [0.05, 0.1) is 16.9 Å². The maximum absolute atomic E-state index is 6.31. The number of aromatic nitrogens is 1. The van der Waals surface area contributed by atoms with Crippen molar-refractivity contribution in [3.05, 3.63) is 30.5 Å². The molecule has 1 heterocycles. The van der Waals surface area contributed by atoms with E-state index in [1.54, 1.807) is 0 Å². The van der Waals surface area contributed by atoms with Crippen molar-refractivity contribution in [2.75, 3.05) is 24.2 Å². The van der Waals surface area contributed by atoms with Crippen LogP contribution in [0.15, 0.2) is 30.5 Å². The van der Waals surface area contributed by atoms with Crippen LogP contribution in [-0.2, 0) is 0 Å². The molecule has 1 aromatic heterocycles. The van der Waals surface area contributed by atoms with Gasteiger partial charge in [0.25, 0.3) is 0 Å². The van der Waals surface area contributed by atoms with E-state index >= 15 is 0 Å². The predicted octanol–water partition coefficient (Wildman–Crippen LogP) is 3.44. The molecule has 100 valence electrons. The number of nitrogen functional groups attached to an aromatic ring is 1. The van der Waals surface area contributed by atoms with Gasteiger partial charge < -0.3 is 10.6 Å². The van der Waals surface area contributed by atoms with Gasteiger partial charge in [0, 0.05) is 25.2 Å². The molecule has 0 aliphatic heterocycles. The fraction of sp³-hybridized carbons (Fsp3) is 0.438. The molecular formula is C16H21N3. The van der Waals surface area contributed by atoms with Crippen molar-refractivity contribution in [3.63, 3.8) is 0 Å². The van der Waals surface area contributed by atoms with E-state index in [4.69, 9.17) is 5.73 Å². The maximum Gasteiger partial charge on any atom is 0.0724 e. The second kappa shape index (κ2) is 5.08. The summed E-state index contributed by atoms with van der Waals surface area (Å²) >= 11 is 0. The first-order valence-corrected chi connectivity index (χ1v) is 7.10. The third-order valence-electron chi connectivity index (χ3n) is 4.22. The van der Waals surface area contributed by atoms with Gasteiger partial charge in [-0.15, -0.1) is 0 Å². The number of hydrogen-bond donors (Lipinski definition) is 1. The Kier molecular flexibility index (Phi) is 3.28. The van der Waals surface area contributed by atoms with Crippen LogP contribution in [0.1, 0.15) is 25.7 Å². The minimum absolute atomic E-state index is 0.828. The quantitative estimate of drug-likeness (QED) is 0.854. The monoisotopic (exact) mass is 255 g/mol. The lowest BCUT2D eigenvalue weighted by Crippen LogP contribution is -2.24. The Morgan fingerprint density at radius 2 is 2.05 bits per heavy atom. The van der Waals surface area contributed by atoms with Crippen LogP contribution in [0.2, 0.25) is 0 Å². The third kappa shape index (κ3) is 2.37. The summed E-state index contributed by atoms with van der Waals surface area (Å²) in [4.78, 5) is 6.65. The zero-order chi connectivity index (χ0) is 13.2. The Hall–Kier alpha value is -1.77. The molecule has 3 nitrogen and oxygen atoms in total. The van der Waals surface area contributed by atoms with Crippen LogP contribution < -0.4 is 10.6 Å². The van der Waals surface area contributed by atoms with Crippen LogP contribution in [0.3, 0.4) is 0 Å². The van der Waals surface area contributed by atoms with Crippen LogP contribution in [0.4, 0.5) is 11.4 Å². The molecule has 3 rings (SSSR count). The van der Waals surface area contributed by atoms with Crippen LogP contribution in [0, 0.1) is 5.92 Å². The topological polar surface area (TPSA) is 42.2 Å². The van der Waals surface area contributed by atoms with Crippen molar-refractivity contribution in [3.8, 4) is 0 Å². The van der Waals surface area contributed by atoms with Crippen LogP contribution in [-0.4, -0.2) is 18.6 Å². The first-order chi connectivity index (χ1) is 9.25. The summed E-state index contributed by atoms with van der Waals surface area (Å²) in [5.74, 6) is 0.828. The molecule has 0 saturated heterocycles. The summed E-state index contributed by atoms with van der Waals surface area (Å²) in [5, 5.41) is 1.05. The molecule has 1 aliphatic carbocycles. The van der Waals surface area contributed by atoms with Gasteiger partial charge in [-0.1, -0.05) is 12.8 Å². The number of anilines is 2. The molecule has 3 heteroatoms. The zero-order valence-electron chi connectivity index (χ0n) is 11.5. The Bertz CT molecular complexity index is 573. The van der Waals surface area contributed by atoms with Gasteiger partial charge in [-0.05, 0) is 43.0 Å². The van der Waals surface area contributed by atoms with Gasteiger partial charge >= 0.3 is 0 Å². The zero-order valence-corrected chi connectivity index (χ0v) is 11.5. The van der Waals surface area contributed by atoms with E-state index < -0.39 is 0 Å². The minimum Gasteiger partial charge on any atom is -0.396 e. The van der Waals surface area contributed by atoms with Crippen molar-refractivity contribution < 1.29 is 0 Å². The van der Waals surface area contributed by atoms with Gasteiger partial charge in [0.2, 0.25) is 0 Å². The molecule has 2 N–H and O–H groups in total. The fourth-order valence-corrected chi connectivity index (χ4v) is 3.18. The molecular weight excluding hydrogens is 234 g/mol. The number of rotatable bonds is 3. The Balaban J connectivity index is 1.89. The van der Waals surface area contributed by atoms with Crippen molar-refractivity contribution >= 4 is 22.3 Å². The van der Waals surface area contributed by atoms with Gasteiger partial charge in [0.1, 0.15) is 0 Å². The van der Waals surface area contributed by atoms with E-state index in [1.165, 1.54) is 25.7 Å². The predicted molar refractivity (Wildman–Crippen MR) is 81.4 cm³/mol. The van der Waals surface area contributed by atoms with E-state index in [-0.39, 0.29) is 0 Å². The van der Waals surface area contributed by atoms with Gasteiger partial charge in [-0.3, -0.25) is 4.98 Å². The van der Waals surface area contributed by atoms with Gasteiger partial charge in [-0.25, -0.2) is 0 Å². The highest BCUT2D eigenvalue weighted by molar-refractivity contribution is 5.97. The summed E-state index contributed by atoms with van der Waals surface area (Å²) in [6.07, 6.45) is 7.30. The van der Waals surface area contributed by atoms with E-state index in [0.29, 0.717) is 0 Å². The average Bonchev–Trinajstić information content (AvgIpc) is 2.92. The SMILES string of the molecule is CN(CC1CCCC1)c1ccc2ncccc2c1N. The number of benzene rings is 1. The maximum atomic E-state index is 6.31. The van der Waals surface area contributed by atoms with E-state index in [2.05, 4.69) is 29.1 Å². The third-order valence-corrected chi connectivity index (χ3v) is 4.22. The number of nitrogens with two attached hydrogens (primary N) is 1. The summed E-state index contributed by atoms with van der Waals surface area (Å²) in [7, 11) is 2.15. The lowest BCUT2D eigenvalue weighted by molar-refractivity contribution is 0.547. The van der Waals surface area contributed by atoms with E-state index in [1.807, 2.05) is 18.3 Å². The minimum atomic E-state index is 0.828. The first-order valence-electron chi connectivity index (χ1n) is 7.10. The molecule has 0 bridgehead atoms. The fourth-order valence-electron chi connectivity index (χ4n) is 3.18. The highest BCUT2D eigenvalue weighted by Crippen LogP contribution is 2.32. The molecule has 2 aromatic rings. The number of pyridine rings is 1. The van der Waals surface area contributed by atoms with Crippen LogP contribution in [0.25, 0.3) is 10.9 Å². The van der Waals surface area contributed by atoms with Crippen molar-refractivity contribution in [1.29, 1.82) is 0 Å².